The Balaban J connectivity index is 2.42. The number of carbonyl (C=O) groups is 1. The van der Waals surface area contributed by atoms with Gasteiger partial charge in [0.15, 0.2) is 0 Å². The highest BCUT2D eigenvalue weighted by Gasteiger charge is 2.34. The van der Waals surface area contributed by atoms with E-state index in [4.69, 9.17) is 5.11 Å². The van der Waals surface area contributed by atoms with Gasteiger partial charge in [-0.1, -0.05) is 13.8 Å². The second-order valence-corrected chi connectivity index (χ2v) is 4.20. The number of carboxylic acid groups (broad SMARTS) is 1. The van der Waals surface area contributed by atoms with Crippen molar-refractivity contribution in [2.45, 2.75) is 26.4 Å². The van der Waals surface area contributed by atoms with Crippen LogP contribution in [0.5, 0.6) is 0 Å². The summed E-state index contributed by atoms with van der Waals surface area (Å²) in [6.07, 6.45) is 0.401. The molecule has 14 heavy (non-hydrogen) atoms. The van der Waals surface area contributed by atoms with Crippen molar-refractivity contribution in [3.8, 4) is 0 Å². The predicted molar refractivity (Wildman–Crippen MR) is 53.0 cm³/mol. The second kappa shape index (κ2) is 4.75. The Morgan fingerprint density at radius 1 is 1.57 bits per heavy atom. The zero-order chi connectivity index (χ0) is 10.7. The van der Waals surface area contributed by atoms with Gasteiger partial charge in [0.1, 0.15) is 0 Å². The normalized spacial score (nSPS) is 30.5. The molecule has 4 nitrogen and oxygen atoms in total. The zero-order valence-electron chi connectivity index (χ0n) is 8.81. The van der Waals surface area contributed by atoms with E-state index in [1.807, 2.05) is 18.7 Å². The van der Waals surface area contributed by atoms with Gasteiger partial charge in [-0.05, 0) is 12.3 Å². The van der Waals surface area contributed by atoms with E-state index in [-0.39, 0.29) is 17.9 Å². The van der Waals surface area contributed by atoms with Gasteiger partial charge in [-0.15, -0.1) is 0 Å². The quantitative estimate of drug-likeness (QED) is 0.691. The van der Waals surface area contributed by atoms with Crippen LogP contribution in [-0.2, 0) is 4.79 Å². The fourth-order valence-electron chi connectivity index (χ4n) is 1.96. The third-order valence-corrected chi connectivity index (χ3v) is 2.95. The lowest BCUT2D eigenvalue weighted by atomic mass is 9.99. The standard InChI is InChI=1S/C10H19NO3/c1-3-8(12)5-11-4-7(2)9(6-11)10(13)14/h7-9,12H,3-6H2,1-2H3,(H,13,14). The summed E-state index contributed by atoms with van der Waals surface area (Å²) in [6, 6.07) is 0. The van der Waals surface area contributed by atoms with Crippen molar-refractivity contribution < 1.29 is 15.0 Å². The molecule has 1 aliphatic heterocycles. The molecule has 0 bridgehead atoms. The molecule has 82 valence electrons. The van der Waals surface area contributed by atoms with Crippen LogP contribution in [-0.4, -0.2) is 46.8 Å². The largest absolute Gasteiger partial charge is 0.481 e. The number of aliphatic hydroxyl groups is 1. The molecular formula is C10H19NO3. The van der Waals surface area contributed by atoms with E-state index in [2.05, 4.69) is 0 Å². The van der Waals surface area contributed by atoms with Crippen LogP contribution < -0.4 is 0 Å². The Morgan fingerprint density at radius 3 is 2.64 bits per heavy atom. The average Bonchev–Trinajstić information content (AvgIpc) is 2.46. The maximum atomic E-state index is 10.8. The van der Waals surface area contributed by atoms with Crippen LogP contribution in [0.25, 0.3) is 0 Å². The molecule has 0 aliphatic carbocycles. The summed E-state index contributed by atoms with van der Waals surface area (Å²) in [7, 11) is 0. The van der Waals surface area contributed by atoms with Crippen molar-refractivity contribution in [2.24, 2.45) is 11.8 Å². The number of hydrogen-bond donors (Lipinski definition) is 2. The van der Waals surface area contributed by atoms with E-state index in [1.54, 1.807) is 0 Å². The maximum absolute atomic E-state index is 10.8. The fraction of sp³-hybridized carbons (Fsp3) is 0.900. The van der Waals surface area contributed by atoms with E-state index < -0.39 is 5.97 Å². The minimum absolute atomic E-state index is 0.191. The molecule has 1 aliphatic rings. The molecule has 3 unspecified atom stereocenters. The lowest BCUT2D eigenvalue weighted by Gasteiger charge is -2.18. The molecule has 2 N–H and O–H groups in total. The number of nitrogens with zero attached hydrogens (tertiary/aromatic N) is 1. The fourth-order valence-corrected chi connectivity index (χ4v) is 1.96. The Morgan fingerprint density at radius 2 is 2.21 bits per heavy atom. The van der Waals surface area contributed by atoms with E-state index in [1.165, 1.54) is 0 Å². The Kier molecular flexibility index (Phi) is 3.89. The molecule has 1 fully saturated rings. The monoisotopic (exact) mass is 201 g/mol. The lowest BCUT2D eigenvalue weighted by molar-refractivity contribution is -0.142. The zero-order valence-corrected chi connectivity index (χ0v) is 8.81. The molecule has 0 aromatic rings. The van der Waals surface area contributed by atoms with Gasteiger partial charge in [0.05, 0.1) is 12.0 Å². The van der Waals surface area contributed by atoms with E-state index in [0.717, 1.165) is 13.0 Å². The predicted octanol–water partition coefficient (Wildman–Crippen LogP) is 0.410. The molecule has 0 aromatic heterocycles. The molecule has 4 heteroatoms. The number of rotatable bonds is 4. The van der Waals surface area contributed by atoms with Gasteiger partial charge in [-0.3, -0.25) is 9.69 Å². The van der Waals surface area contributed by atoms with E-state index in [0.29, 0.717) is 13.1 Å². The first-order valence-electron chi connectivity index (χ1n) is 5.17. The Bertz CT molecular complexity index is 208. The van der Waals surface area contributed by atoms with Gasteiger partial charge in [0.2, 0.25) is 0 Å². The van der Waals surface area contributed by atoms with Crippen molar-refractivity contribution >= 4 is 5.97 Å². The van der Waals surface area contributed by atoms with Gasteiger partial charge in [-0.25, -0.2) is 0 Å². The summed E-state index contributed by atoms with van der Waals surface area (Å²) in [4.78, 5) is 12.9. The van der Waals surface area contributed by atoms with E-state index >= 15 is 0 Å². The minimum Gasteiger partial charge on any atom is -0.481 e. The molecule has 1 rings (SSSR count). The number of aliphatic hydroxyl groups excluding tert-OH is 1. The Hall–Kier alpha value is -0.610. The van der Waals surface area contributed by atoms with Crippen molar-refractivity contribution in [1.29, 1.82) is 0 Å². The molecule has 1 saturated heterocycles. The molecule has 1 heterocycles. The SMILES string of the molecule is CCC(O)CN1CC(C)C(C(=O)O)C1. The van der Waals surface area contributed by atoms with Crippen LogP contribution in [0.4, 0.5) is 0 Å². The maximum Gasteiger partial charge on any atom is 0.308 e. The van der Waals surface area contributed by atoms with Gasteiger partial charge in [0, 0.05) is 19.6 Å². The van der Waals surface area contributed by atoms with Gasteiger partial charge in [0.25, 0.3) is 0 Å². The number of aliphatic carboxylic acids is 1. The molecule has 0 radical (unpaired) electrons. The first-order valence-corrected chi connectivity index (χ1v) is 5.17. The van der Waals surface area contributed by atoms with Crippen LogP contribution >= 0.6 is 0 Å². The highest BCUT2D eigenvalue weighted by Crippen LogP contribution is 2.23. The third kappa shape index (κ3) is 2.69. The molecular weight excluding hydrogens is 182 g/mol. The van der Waals surface area contributed by atoms with Crippen molar-refractivity contribution in [2.75, 3.05) is 19.6 Å². The summed E-state index contributed by atoms with van der Waals surface area (Å²) in [6.45, 7) is 5.85. The van der Waals surface area contributed by atoms with Gasteiger partial charge < -0.3 is 10.2 Å². The molecule has 0 spiro atoms. The summed E-state index contributed by atoms with van der Waals surface area (Å²) in [5.41, 5.74) is 0. The van der Waals surface area contributed by atoms with Gasteiger partial charge in [-0.2, -0.15) is 0 Å². The topological polar surface area (TPSA) is 60.8 Å². The van der Waals surface area contributed by atoms with Crippen molar-refractivity contribution in [1.82, 2.24) is 4.90 Å². The number of hydrogen-bond acceptors (Lipinski definition) is 3. The average molecular weight is 201 g/mol. The lowest BCUT2D eigenvalue weighted by Crippen LogP contribution is -2.31. The van der Waals surface area contributed by atoms with Crippen LogP contribution in [0, 0.1) is 11.8 Å². The first-order chi connectivity index (χ1) is 6.54. The summed E-state index contributed by atoms with van der Waals surface area (Å²) in [5.74, 6) is -0.790. The van der Waals surface area contributed by atoms with Crippen LogP contribution in [0.2, 0.25) is 0 Å². The smallest absolute Gasteiger partial charge is 0.308 e. The van der Waals surface area contributed by atoms with Gasteiger partial charge >= 0.3 is 5.97 Å². The third-order valence-electron chi connectivity index (χ3n) is 2.95. The summed E-state index contributed by atoms with van der Waals surface area (Å²) in [5, 5.41) is 18.3. The van der Waals surface area contributed by atoms with Crippen molar-refractivity contribution in [3.05, 3.63) is 0 Å². The van der Waals surface area contributed by atoms with Crippen molar-refractivity contribution in [3.63, 3.8) is 0 Å². The first kappa shape index (κ1) is 11.5. The highest BCUT2D eigenvalue weighted by atomic mass is 16.4. The summed E-state index contributed by atoms with van der Waals surface area (Å²) < 4.78 is 0. The molecule has 0 amide bonds. The van der Waals surface area contributed by atoms with E-state index in [9.17, 15) is 9.90 Å². The van der Waals surface area contributed by atoms with Crippen LogP contribution in [0.15, 0.2) is 0 Å². The molecule has 0 aromatic carbocycles. The highest BCUT2D eigenvalue weighted by molar-refractivity contribution is 5.71. The number of carboxylic acids is 1. The molecule has 3 atom stereocenters. The Labute approximate surface area is 84.5 Å². The molecule has 0 saturated carbocycles. The van der Waals surface area contributed by atoms with Crippen LogP contribution in [0.1, 0.15) is 20.3 Å². The minimum atomic E-state index is -0.717. The number of likely N-dealkylation sites (tertiary alicyclic amines) is 1. The second-order valence-electron chi connectivity index (χ2n) is 4.20. The number of β-amino-alcohol motifs (C(OH)–C–C–N with tert-alkyl or cyclic N) is 1. The van der Waals surface area contributed by atoms with Crippen LogP contribution in [0.3, 0.4) is 0 Å². The summed E-state index contributed by atoms with van der Waals surface area (Å²) >= 11 is 0.